The minimum atomic E-state index is -0.611. The average molecular weight is 247 g/mol. The first-order chi connectivity index (χ1) is 8.67. The summed E-state index contributed by atoms with van der Waals surface area (Å²) >= 11 is 0. The molecule has 5 nitrogen and oxygen atoms in total. The standard InChI is InChI=1S/C13H13NO4/c1-3-18-13(16)11-7-5-9-4-6-10(17-2)8-14(9)12(11)15/h4-8H,3H2,1-2H3. The highest BCUT2D eigenvalue weighted by molar-refractivity contribution is 5.89. The van der Waals surface area contributed by atoms with Crippen LogP contribution in [0.2, 0.25) is 0 Å². The van der Waals surface area contributed by atoms with E-state index in [0.717, 1.165) is 0 Å². The Hall–Kier alpha value is -2.30. The Labute approximate surface area is 104 Å². The summed E-state index contributed by atoms with van der Waals surface area (Å²) in [5.74, 6) is -0.0645. The second kappa shape index (κ2) is 4.91. The number of hydrogen-bond acceptors (Lipinski definition) is 4. The van der Waals surface area contributed by atoms with Gasteiger partial charge in [-0.05, 0) is 31.2 Å². The molecule has 2 aromatic rings. The lowest BCUT2D eigenvalue weighted by atomic mass is 10.2. The third kappa shape index (κ3) is 2.07. The van der Waals surface area contributed by atoms with Crippen molar-refractivity contribution in [1.82, 2.24) is 4.40 Å². The maximum atomic E-state index is 12.1. The first kappa shape index (κ1) is 12.2. The second-order valence-corrected chi connectivity index (χ2v) is 3.64. The van der Waals surface area contributed by atoms with Crippen LogP contribution in [0.5, 0.6) is 5.75 Å². The number of hydrogen-bond donors (Lipinski definition) is 0. The van der Waals surface area contributed by atoms with E-state index in [1.54, 1.807) is 31.3 Å². The van der Waals surface area contributed by atoms with Crippen LogP contribution in [0.4, 0.5) is 0 Å². The van der Waals surface area contributed by atoms with E-state index in [9.17, 15) is 9.59 Å². The molecule has 18 heavy (non-hydrogen) atoms. The van der Waals surface area contributed by atoms with Gasteiger partial charge in [-0.25, -0.2) is 4.79 Å². The maximum absolute atomic E-state index is 12.1. The molecule has 0 bridgehead atoms. The zero-order valence-electron chi connectivity index (χ0n) is 10.2. The number of rotatable bonds is 3. The van der Waals surface area contributed by atoms with Gasteiger partial charge in [0.15, 0.2) is 0 Å². The molecule has 0 fully saturated rings. The van der Waals surface area contributed by atoms with Gasteiger partial charge < -0.3 is 9.47 Å². The van der Waals surface area contributed by atoms with Gasteiger partial charge in [-0.1, -0.05) is 0 Å². The number of aromatic nitrogens is 1. The molecule has 0 amide bonds. The van der Waals surface area contributed by atoms with E-state index in [1.165, 1.54) is 17.6 Å². The Balaban J connectivity index is 2.62. The monoisotopic (exact) mass is 247 g/mol. The van der Waals surface area contributed by atoms with Crippen molar-refractivity contribution in [2.45, 2.75) is 6.92 Å². The van der Waals surface area contributed by atoms with Gasteiger partial charge in [0.2, 0.25) is 0 Å². The number of esters is 1. The number of carbonyl (C=O) groups is 1. The van der Waals surface area contributed by atoms with Gasteiger partial charge in [-0.15, -0.1) is 0 Å². The molecule has 5 heteroatoms. The summed E-state index contributed by atoms with van der Waals surface area (Å²) in [4.78, 5) is 23.7. The van der Waals surface area contributed by atoms with E-state index in [2.05, 4.69) is 0 Å². The van der Waals surface area contributed by atoms with E-state index in [1.807, 2.05) is 0 Å². The summed E-state index contributed by atoms with van der Waals surface area (Å²) in [5, 5.41) is 0. The quantitative estimate of drug-likeness (QED) is 0.771. The number of nitrogens with zero attached hydrogens (tertiary/aromatic N) is 1. The van der Waals surface area contributed by atoms with Crippen LogP contribution in [-0.2, 0) is 4.74 Å². The second-order valence-electron chi connectivity index (χ2n) is 3.64. The highest BCUT2D eigenvalue weighted by Crippen LogP contribution is 2.11. The van der Waals surface area contributed by atoms with Crippen molar-refractivity contribution in [1.29, 1.82) is 0 Å². The lowest BCUT2D eigenvalue weighted by molar-refractivity contribution is 0.0524. The molecule has 0 aromatic carbocycles. The SMILES string of the molecule is CCOC(=O)c1ccc2ccc(OC)cn2c1=O. The van der Waals surface area contributed by atoms with Gasteiger partial charge in [0.05, 0.1) is 19.9 Å². The molecule has 0 aliphatic heterocycles. The summed E-state index contributed by atoms with van der Waals surface area (Å²) in [5.41, 5.74) is 0.293. The summed E-state index contributed by atoms with van der Waals surface area (Å²) in [6, 6.07) is 6.66. The van der Waals surface area contributed by atoms with Gasteiger partial charge in [0, 0.05) is 5.52 Å². The van der Waals surface area contributed by atoms with E-state index >= 15 is 0 Å². The molecule has 0 saturated heterocycles. The highest BCUT2D eigenvalue weighted by Gasteiger charge is 2.13. The molecule has 0 radical (unpaired) electrons. The normalized spacial score (nSPS) is 10.3. The fourth-order valence-corrected chi connectivity index (χ4v) is 1.66. The van der Waals surface area contributed by atoms with Crippen molar-refractivity contribution in [3.63, 3.8) is 0 Å². The van der Waals surface area contributed by atoms with E-state index in [-0.39, 0.29) is 12.2 Å². The zero-order valence-corrected chi connectivity index (χ0v) is 10.2. The van der Waals surface area contributed by atoms with Crippen molar-refractivity contribution >= 4 is 11.5 Å². The van der Waals surface area contributed by atoms with Crippen molar-refractivity contribution in [3.8, 4) is 5.75 Å². The van der Waals surface area contributed by atoms with Crippen LogP contribution < -0.4 is 10.3 Å². The van der Waals surface area contributed by atoms with Gasteiger partial charge in [0.25, 0.3) is 5.56 Å². The summed E-state index contributed by atoms with van der Waals surface area (Å²) < 4.78 is 11.2. The number of ether oxygens (including phenoxy) is 2. The van der Waals surface area contributed by atoms with Gasteiger partial charge in [-0.3, -0.25) is 9.20 Å². The zero-order chi connectivity index (χ0) is 13.1. The molecule has 0 unspecified atom stereocenters. The molecule has 0 aliphatic rings. The number of fused-ring (bicyclic) bond motifs is 1. The van der Waals surface area contributed by atoms with Crippen LogP contribution in [0.3, 0.4) is 0 Å². The van der Waals surface area contributed by atoms with Gasteiger partial charge in [0.1, 0.15) is 11.3 Å². The summed E-state index contributed by atoms with van der Waals surface area (Å²) in [6.45, 7) is 1.93. The average Bonchev–Trinajstić information content (AvgIpc) is 2.39. The predicted molar refractivity (Wildman–Crippen MR) is 66.2 cm³/mol. The molecule has 0 saturated carbocycles. The first-order valence-corrected chi connectivity index (χ1v) is 5.54. The van der Waals surface area contributed by atoms with Crippen molar-refractivity contribution in [3.05, 3.63) is 46.4 Å². The smallest absolute Gasteiger partial charge is 0.343 e. The number of pyridine rings is 2. The van der Waals surface area contributed by atoms with Crippen molar-refractivity contribution in [2.75, 3.05) is 13.7 Å². The van der Waals surface area contributed by atoms with Gasteiger partial charge >= 0.3 is 5.97 Å². The molecule has 0 N–H and O–H groups in total. The van der Waals surface area contributed by atoms with E-state index in [0.29, 0.717) is 11.3 Å². The highest BCUT2D eigenvalue weighted by atomic mass is 16.5. The molecule has 2 heterocycles. The Bertz CT molecular complexity index is 645. The van der Waals surface area contributed by atoms with Crippen molar-refractivity contribution in [2.24, 2.45) is 0 Å². The van der Waals surface area contributed by atoms with Crippen LogP contribution in [0.25, 0.3) is 5.52 Å². The Kier molecular flexibility index (Phi) is 3.32. The van der Waals surface area contributed by atoms with E-state index < -0.39 is 11.5 Å². The maximum Gasteiger partial charge on any atom is 0.343 e. The van der Waals surface area contributed by atoms with Crippen LogP contribution >= 0.6 is 0 Å². The van der Waals surface area contributed by atoms with Crippen LogP contribution in [0, 0.1) is 0 Å². The summed E-state index contributed by atoms with van der Waals surface area (Å²) in [7, 11) is 1.52. The summed E-state index contributed by atoms with van der Waals surface area (Å²) in [6.07, 6.45) is 1.54. The van der Waals surface area contributed by atoms with Crippen LogP contribution in [0.1, 0.15) is 17.3 Å². The molecular formula is C13H13NO4. The first-order valence-electron chi connectivity index (χ1n) is 5.54. The van der Waals surface area contributed by atoms with E-state index in [4.69, 9.17) is 9.47 Å². The molecular weight excluding hydrogens is 234 g/mol. The molecule has 2 aromatic heterocycles. The largest absolute Gasteiger partial charge is 0.495 e. The Morgan fingerprint density at radius 3 is 2.67 bits per heavy atom. The third-order valence-electron chi connectivity index (χ3n) is 2.55. The third-order valence-corrected chi connectivity index (χ3v) is 2.55. The van der Waals surface area contributed by atoms with Crippen LogP contribution in [-0.4, -0.2) is 24.1 Å². The van der Waals surface area contributed by atoms with Gasteiger partial charge in [-0.2, -0.15) is 0 Å². The minimum absolute atomic E-state index is 0.0163. The lowest BCUT2D eigenvalue weighted by Crippen LogP contribution is -2.23. The molecule has 0 atom stereocenters. The fraction of sp³-hybridized carbons (Fsp3) is 0.231. The molecule has 0 aliphatic carbocycles. The molecule has 2 rings (SSSR count). The lowest BCUT2D eigenvalue weighted by Gasteiger charge is -2.06. The Morgan fingerprint density at radius 2 is 2.00 bits per heavy atom. The topological polar surface area (TPSA) is 57.0 Å². The number of carbonyl (C=O) groups excluding carboxylic acids is 1. The Morgan fingerprint density at radius 1 is 1.28 bits per heavy atom. The predicted octanol–water partition coefficient (Wildman–Crippen LogP) is 1.48. The van der Waals surface area contributed by atoms with Crippen molar-refractivity contribution < 1.29 is 14.3 Å². The molecule has 94 valence electrons. The number of methoxy groups -OCH3 is 1. The fourth-order valence-electron chi connectivity index (χ4n) is 1.66. The molecule has 0 spiro atoms. The van der Waals surface area contributed by atoms with Crippen LogP contribution in [0.15, 0.2) is 35.3 Å². The minimum Gasteiger partial charge on any atom is -0.495 e.